The second-order valence-corrected chi connectivity index (χ2v) is 5.02. The van der Waals surface area contributed by atoms with Gasteiger partial charge in [0.15, 0.2) is 0 Å². The number of hydrogen-bond donors (Lipinski definition) is 2. The summed E-state index contributed by atoms with van der Waals surface area (Å²) in [6, 6.07) is 7.24. The van der Waals surface area contributed by atoms with Crippen molar-refractivity contribution >= 4 is 17.5 Å². The number of rotatable bonds is 3. The van der Waals surface area contributed by atoms with Crippen molar-refractivity contribution in [1.82, 2.24) is 10.9 Å². The zero-order valence-corrected chi connectivity index (χ0v) is 11.3. The molecule has 0 atom stereocenters. The van der Waals surface area contributed by atoms with Crippen molar-refractivity contribution in [2.45, 2.75) is 19.3 Å². The first-order valence-electron chi connectivity index (χ1n) is 6.45. The molecule has 0 aliphatic heterocycles. The van der Waals surface area contributed by atoms with E-state index in [0.717, 1.165) is 24.9 Å². The minimum Gasteiger partial charge on any atom is -0.378 e. The van der Waals surface area contributed by atoms with Gasteiger partial charge in [-0.05, 0) is 31.0 Å². The van der Waals surface area contributed by atoms with Gasteiger partial charge in [-0.2, -0.15) is 0 Å². The average Bonchev–Trinajstić information content (AvgIpc) is 2.34. The smallest absolute Gasteiger partial charge is 0.269 e. The quantitative estimate of drug-likeness (QED) is 0.807. The first-order chi connectivity index (χ1) is 9.08. The van der Waals surface area contributed by atoms with Crippen molar-refractivity contribution in [3.05, 3.63) is 29.8 Å². The Kier molecular flexibility index (Phi) is 4.04. The van der Waals surface area contributed by atoms with Gasteiger partial charge in [-0.25, -0.2) is 0 Å². The fourth-order valence-electron chi connectivity index (χ4n) is 1.89. The molecule has 0 radical (unpaired) electrons. The van der Waals surface area contributed by atoms with Crippen LogP contribution in [0.3, 0.4) is 0 Å². The van der Waals surface area contributed by atoms with E-state index in [4.69, 9.17) is 0 Å². The van der Waals surface area contributed by atoms with Gasteiger partial charge in [-0.15, -0.1) is 0 Å². The minimum absolute atomic E-state index is 0.0633. The van der Waals surface area contributed by atoms with Crippen molar-refractivity contribution in [3.63, 3.8) is 0 Å². The van der Waals surface area contributed by atoms with Crippen LogP contribution in [0, 0.1) is 5.92 Å². The summed E-state index contributed by atoms with van der Waals surface area (Å²) in [6.07, 6.45) is 2.92. The number of nitrogens with one attached hydrogen (secondary N) is 2. The number of nitrogens with zero attached hydrogens (tertiary/aromatic N) is 1. The third kappa shape index (κ3) is 3.24. The lowest BCUT2D eigenvalue weighted by atomic mass is 9.85. The molecule has 0 bridgehead atoms. The Labute approximate surface area is 112 Å². The van der Waals surface area contributed by atoms with Crippen LogP contribution in [0.4, 0.5) is 5.69 Å². The molecule has 0 spiro atoms. The third-order valence-corrected chi connectivity index (χ3v) is 3.40. The Bertz CT molecular complexity index is 481. The molecular weight excluding hydrogens is 242 g/mol. The predicted molar refractivity (Wildman–Crippen MR) is 73.7 cm³/mol. The Balaban J connectivity index is 1.92. The first kappa shape index (κ1) is 13.4. The topological polar surface area (TPSA) is 61.4 Å². The molecule has 0 saturated heterocycles. The van der Waals surface area contributed by atoms with E-state index in [1.165, 1.54) is 0 Å². The van der Waals surface area contributed by atoms with Crippen LogP contribution in [-0.4, -0.2) is 25.9 Å². The van der Waals surface area contributed by atoms with Gasteiger partial charge in [0.1, 0.15) is 0 Å². The second kappa shape index (κ2) is 5.73. The third-order valence-electron chi connectivity index (χ3n) is 3.40. The number of carbonyl (C=O) groups is 2. The number of hydrogen-bond acceptors (Lipinski definition) is 3. The highest BCUT2D eigenvalue weighted by Gasteiger charge is 2.25. The van der Waals surface area contributed by atoms with Crippen molar-refractivity contribution < 1.29 is 9.59 Å². The molecule has 5 nitrogen and oxygen atoms in total. The fourth-order valence-corrected chi connectivity index (χ4v) is 1.89. The maximum absolute atomic E-state index is 11.9. The summed E-state index contributed by atoms with van der Waals surface area (Å²) in [5.41, 5.74) is 6.41. The van der Waals surface area contributed by atoms with Gasteiger partial charge >= 0.3 is 0 Å². The van der Waals surface area contributed by atoms with Crippen LogP contribution >= 0.6 is 0 Å². The first-order valence-corrected chi connectivity index (χ1v) is 6.45. The van der Waals surface area contributed by atoms with E-state index in [0.29, 0.717) is 5.56 Å². The van der Waals surface area contributed by atoms with E-state index in [-0.39, 0.29) is 17.7 Å². The zero-order chi connectivity index (χ0) is 13.8. The maximum atomic E-state index is 11.9. The molecule has 2 amide bonds. The van der Waals surface area contributed by atoms with E-state index in [1.54, 1.807) is 12.1 Å². The Morgan fingerprint density at radius 3 is 2.53 bits per heavy atom. The largest absolute Gasteiger partial charge is 0.378 e. The van der Waals surface area contributed by atoms with Gasteiger partial charge in [-0.1, -0.05) is 12.5 Å². The van der Waals surface area contributed by atoms with Crippen LogP contribution in [0.5, 0.6) is 0 Å². The SMILES string of the molecule is CN(C)c1cccc(C(=O)NNC(=O)C2CCC2)c1. The second-order valence-electron chi connectivity index (χ2n) is 5.02. The van der Waals surface area contributed by atoms with Gasteiger partial charge in [0.25, 0.3) is 5.91 Å². The Morgan fingerprint density at radius 2 is 1.95 bits per heavy atom. The van der Waals surface area contributed by atoms with Gasteiger partial charge in [0.2, 0.25) is 5.91 Å². The molecule has 1 saturated carbocycles. The molecule has 1 fully saturated rings. The summed E-state index contributed by atoms with van der Waals surface area (Å²) in [5.74, 6) is -0.326. The average molecular weight is 261 g/mol. The molecule has 1 aromatic carbocycles. The van der Waals surface area contributed by atoms with E-state index < -0.39 is 0 Å². The van der Waals surface area contributed by atoms with Crippen molar-refractivity contribution in [2.24, 2.45) is 5.92 Å². The number of benzene rings is 1. The molecule has 19 heavy (non-hydrogen) atoms. The van der Waals surface area contributed by atoms with Crippen molar-refractivity contribution in [3.8, 4) is 0 Å². The van der Waals surface area contributed by atoms with E-state index in [2.05, 4.69) is 10.9 Å². The lowest BCUT2D eigenvalue weighted by Gasteiger charge is -2.24. The lowest BCUT2D eigenvalue weighted by Crippen LogP contribution is -2.46. The lowest BCUT2D eigenvalue weighted by molar-refractivity contribution is -0.128. The van der Waals surface area contributed by atoms with Gasteiger partial charge in [0.05, 0.1) is 0 Å². The summed E-state index contributed by atoms with van der Waals surface area (Å²) in [4.78, 5) is 25.4. The van der Waals surface area contributed by atoms with Crippen molar-refractivity contribution in [1.29, 1.82) is 0 Å². The normalized spacial score (nSPS) is 14.4. The van der Waals surface area contributed by atoms with Gasteiger partial charge in [0, 0.05) is 31.3 Å². The minimum atomic E-state index is -0.295. The van der Waals surface area contributed by atoms with Crippen LogP contribution in [0.1, 0.15) is 29.6 Å². The van der Waals surface area contributed by atoms with Crippen LogP contribution in [0.25, 0.3) is 0 Å². The summed E-state index contributed by atoms with van der Waals surface area (Å²) in [5, 5.41) is 0. The highest BCUT2D eigenvalue weighted by atomic mass is 16.2. The number of amides is 2. The molecule has 1 aromatic rings. The summed E-state index contributed by atoms with van der Waals surface area (Å²) >= 11 is 0. The molecule has 1 aliphatic carbocycles. The molecular formula is C14H19N3O2. The summed E-state index contributed by atoms with van der Waals surface area (Å²) < 4.78 is 0. The summed E-state index contributed by atoms with van der Waals surface area (Å²) in [6.45, 7) is 0. The van der Waals surface area contributed by atoms with Crippen molar-refractivity contribution in [2.75, 3.05) is 19.0 Å². The molecule has 2 rings (SSSR count). The summed E-state index contributed by atoms with van der Waals surface area (Å²) in [7, 11) is 3.82. The van der Waals surface area contributed by atoms with Crippen LogP contribution in [-0.2, 0) is 4.79 Å². The van der Waals surface area contributed by atoms with Gasteiger partial charge in [-0.3, -0.25) is 20.4 Å². The van der Waals surface area contributed by atoms with E-state index in [9.17, 15) is 9.59 Å². The van der Waals surface area contributed by atoms with Crippen LogP contribution in [0.2, 0.25) is 0 Å². The molecule has 0 heterocycles. The highest BCUT2D eigenvalue weighted by molar-refractivity contribution is 5.96. The molecule has 0 unspecified atom stereocenters. The number of anilines is 1. The number of hydrazine groups is 1. The van der Waals surface area contributed by atoms with Gasteiger partial charge < -0.3 is 4.90 Å². The van der Waals surface area contributed by atoms with Crippen LogP contribution < -0.4 is 15.8 Å². The molecule has 1 aliphatic rings. The Hall–Kier alpha value is -2.04. The van der Waals surface area contributed by atoms with E-state index >= 15 is 0 Å². The molecule has 2 N–H and O–H groups in total. The highest BCUT2D eigenvalue weighted by Crippen LogP contribution is 2.25. The molecule has 102 valence electrons. The monoisotopic (exact) mass is 261 g/mol. The number of carbonyl (C=O) groups excluding carboxylic acids is 2. The Morgan fingerprint density at radius 1 is 1.21 bits per heavy atom. The molecule has 5 heteroatoms. The van der Waals surface area contributed by atoms with Crippen LogP contribution in [0.15, 0.2) is 24.3 Å². The maximum Gasteiger partial charge on any atom is 0.269 e. The fraction of sp³-hybridized carbons (Fsp3) is 0.429. The van der Waals surface area contributed by atoms with E-state index in [1.807, 2.05) is 31.1 Å². The zero-order valence-electron chi connectivity index (χ0n) is 11.3. The standard InChI is InChI=1S/C14H19N3O2/c1-17(2)12-8-4-7-11(9-12)14(19)16-15-13(18)10-5-3-6-10/h4,7-10H,3,5-6H2,1-2H3,(H,15,18)(H,16,19). The predicted octanol–water partition coefficient (Wildman–Crippen LogP) is 1.31. The molecule has 0 aromatic heterocycles.